The van der Waals surface area contributed by atoms with Crippen LogP contribution in [0.4, 0.5) is 5.13 Å². The maximum absolute atomic E-state index is 12.2. The maximum Gasteiger partial charge on any atom is 0.330 e. The lowest BCUT2D eigenvalue weighted by Gasteiger charge is -2.32. The lowest BCUT2D eigenvalue weighted by Crippen LogP contribution is -2.44. The average Bonchev–Trinajstić information content (AvgIpc) is 3.14. The number of nitrogens with one attached hydrogen (secondary N) is 1. The summed E-state index contributed by atoms with van der Waals surface area (Å²) in [6.07, 6.45) is 1.32. The van der Waals surface area contributed by atoms with E-state index in [0.29, 0.717) is 31.1 Å². The lowest BCUT2D eigenvalue weighted by molar-refractivity contribution is -0.160. The standard InChI is InChI=1S/C18H27N3O6S/c1-18(2,3)27-15(24)11-5-7-21(8-6-11)17-20-13(10-28-17)14(23)19-12(9-22)16(25)26-4/h10-12,22H,5-9H2,1-4H3,(H,19,23)/t12-/m0/s1. The summed E-state index contributed by atoms with van der Waals surface area (Å²) in [5.74, 6) is -1.60. The molecule has 0 radical (unpaired) electrons. The Morgan fingerprint density at radius 3 is 2.54 bits per heavy atom. The van der Waals surface area contributed by atoms with Crippen molar-refractivity contribution in [1.82, 2.24) is 10.3 Å². The molecule has 28 heavy (non-hydrogen) atoms. The molecule has 1 atom stereocenters. The van der Waals surface area contributed by atoms with Gasteiger partial charge in [0, 0.05) is 18.5 Å². The first-order valence-electron chi connectivity index (χ1n) is 9.07. The van der Waals surface area contributed by atoms with Crippen LogP contribution in [0.2, 0.25) is 0 Å². The summed E-state index contributed by atoms with van der Waals surface area (Å²) in [5.41, 5.74) is -0.334. The zero-order chi connectivity index (χ0) is 20.9. The van der Waals surface area contributed by atoms with Crippen molar-refractivity contribution in [1.29, 1.82) is 0 Å². The number of thiazole rings is 1. The van der Waals surface area contributed by atoms with Gasteiger partial charge in [0.2, 0.25) is 0 Å². The molecule has 156 valence electrons. The number of methoxy groups -OCH3 is 1. The Labute approximate surface area is 168 Å². The highest BCUT2D eigenvalue weighted by atomic mass is 32.1. The summed E-state index contributed by atoms with van der Waals surface area (Å²) in [6, 6.07) is -1.13. The molecule has 2 N–H and O–H groups in total. The van der Waals surface area contributed by atoms with Gasteiger partial charge in [-0.25, -0.2) is 9.78 Å². The topological polar surface area (TPSA) is 118 Å². The Morgan fingerprint density at radius 2 is 2.00 bits per heavy atom. The van der Waals surface area contributed by atoms with Crippen molar-refractivity contribution in [3.05, 3.63) is 11.1 Å². The maximum atomic E-state index is 12.2. The lowest BCUT2D eigenvalue weighted by atomic mass is 9.97. The van der Waals surface area contributed by atoms with Crippen molar-refractivity contribution < 1.29 is 29.0 Å². The van der Waals surface area contributed by atoms with E-state index in [1.165, 1.54) is 18.4 Å². The van der Waals surface area contributed by atoms with Crippen molar-refractivity contribution in [2.24, 2.45) is 5.92 Å². The molecular formula is C18H27N3O6S. The molecule has 1 aromatic heterocycles. The molecule has 0 spiro atoms. The van der Waals surface area contributed by atoms with Gasteiger partial charge < -0.3 is 24.8 Å². The van der Waals surface area contributed by atoms with E-state index in [-0.39, 0.29) is 17.6 Å². The van der Waals surface area contributed by atoms with Crippen molar-refractivity contribution in [3.63, 3.8) is 0 Å². The van der Waals surface area contributed by atoms with E-state index >= 15 is 0 Å². The smallest absolute Gasteiger partial charge is 0.330 e. The van der Waals surface area contributed by atoms with Crippen molar-refractivity contribution >= 4 is 34.3 Å². The van der Waals surface area contributed by atoms with Crippen molar-refractivity contribution in [3.8, 4) is 0 Å². The first-order valence-corrected chi connectivity index (χ1v) is 9.95. The van der Waals surface area contributed by atoms with E-state index in [4.69, 9.17) is 4.74 Å². The third-order valence-corrected chi connectivity index (χ3v) is 5.11. The molecule has 1 aliphatic heterocycles. The predicted molar refractivity (Wildman–Crippen MR) is 103 cm³/mol. The summed E-state index contributed by atoms with van der Waals surface area (Å²) in [6.45, 7) is 6.27. The molecule has 1 saturated heterocycles. The van der Waals surface area contributed by atoms with Gasteiger partial charge >= 0.3 is 11.9 Å². The van der Waals surface area contributed by atoms with Crippen LogP contribution in [0.1, 0.15) is 44.1 Å². The predicted octanol–water partition coefficient (Wildman–Crippen LogP) is 0.965. The Kier molecular flexibility index (Phi) is 7.36. The fourth-order valence-corrected chi connectivity index (χ4v) is 3.62. The minimum Gasteiger partial charge on any atom is -0.467 e. The molecular weight excluding hydrogens is 386 g/mol. The van der Waals surface area contributed by atoms with Crippen LogP contribution < -0.4 is 10.2 Å². The number of anilines is 1. The molecule has 1 aromatic rings. The highest BCUT2D eigenvalue weighted by molar-refractivity contribution is 7.13. The molecule has 2 heterocycles. The second-order valence-electron chi connectivity index (χ2n) is 7.54. The number of rotatable bonds is 6. The van der Waals surface area contributed by atoms with Crippen LogP contribution in [0.15, 0.2) is 5.38 Å². The minimum absolute atomic E-state index is 0.136. The van der Waals surface area contributed by atoms with Gasteiger partial charge in [-0.05, 0) is 33.6 Å². The largest absolute Gasteiger partial charge is 0.467 e. The number of hydrogen-bond donors (Lipinski definition) is 2. The molecule has 1 fully saturated rings. The van der Waals surface area contributed by atoms with Gasteiger partial charge in [-0.1, -0.05) is 0 Å². The summed E-state index contributed by atoms with van der Waals surface area (Å²) in [5, 5.41) is 13.9. The zero-order valence-electron chi connectivity index (χ0n) is 16.6. The molecule has 9 nitrogen and oxygen atoms in total. The molecule has 0 aromatic carbocycles. The van der Waals surface area contributed by atoms with Gasteiger partial charge in [-0.2, -0.15) is 0 Å². The first-order chi connectivity index (χ1) is 13.1. The monoisotopic (exact) mass is 413 g/mol. The Morgan fingerprint density at radius 1 is 1.36 bits per heavy atom. The average molecular weight is 413 g/mol. The fourth-order valence-electron chi connectivity index (χ4n) is 2.76. The highest BCUT2D eigenvalue weighted by Gasteiger charge is 2.30. The number of aliphatic hydroxyl groups excluding tert-OH is 1. The van der Waals surface area contributed by atoms with Gasteiger partial charge in [0.25, 0.3) is 5.91 Å². The first kappa shape index (κ1) is 22.1. The number of aliphatic hydroxyl groups is 1. The SMILES string of the molecule is COC(=O)[C@H](CO)NC(=O)c1csc(N2CCC(C(=O)OC(C)(C)C)CC2)n1. The number of ether oxygens (including phenoxy) is 2. The van der Waals surface area contributed by atoms with E-state index in [9.17, 15) is 19.5 Å². The minimum atomic E-state index is -1.13. The Balaban J connectivity index is 1.92. The number of piperidine rings is 1. The number of aromatic nitrogens is 1. The van der Waals surface area contributed by atoms with Crippen LogP contribution in [-0.4, -0.2) is 66.4 Å². The Bertz CT molecular complexity index is 706. The van der Waals surface area contributed by atoms with Gasteiger partial charge in [0.15, 0.2) is 11.2 Å². The van der Waals surface area contributed by atoms with Gasteiger partial charge in [0.1, 0.15) is 11.3 Å². The fraction of sp³-hybridized carbons (Fsp3) is 0.667. The number of amides is 1. The van der Waals surface area contributed by atoms with Crippen molar-refractivity contribution in [2.75, 3.05) is 31.7 Å². The summed E-state index contributed by atoms with van der Waals surface area (Å²) in [7, 11) is 1.18. The number of esters is 2. The summed E-state index contributed by atoms with van der Waals surface area (Å²) >= 11 is 1.31. The summed E-state index contributed by atoms with van der Waals surface area (Å²) < 4.78 is 9.97. The molecule has 0 bridgehead atoms. The van der Waals surface area contributed by atoms with Crippen LogP contribution in [0, 0.1) is 5.92 Å². The van der Waals surface area contributed by atoms with E-state index in [1.807, 2.05) is 25.7 Å². The van der Waals surface area contributed by atoms with E-state index < -0.39 is 30.1 Å². The normalized spacial score (nSPS) is 16.4. The van der Waals surface area contributed by atoms with E-state index in [2.05, 4.69) is 15.0 Å². The molecule has 0 aliphatic carbocycles. The molecule has 1 amide bonds. The van der Waals surface area contributed by atoms with Gasteiger partial charge in [0.05, 0.1) is 19.6 Å². The van der Waals surface area contributed by atoms with Crippen LogP contribution in [0.3, 0.4) is 0 Å². The molecule has 10 heteroatoms. The molecule has 0 saturated carbocycles. The van der Waals surface area contributed by atoms with Crippen LogP contribution in [0.25, 0.3) is 0 Å². The quantitative estimate of drug-likeness (QED) is 0.662. The highest BCUT2D eigenvalue weighted by Crippen LogP contribution is 2.27. The van der Waals surface area contributed by atoms with Crippen LogP contribution in [-0.2, 0) is 19.1 Å². The molecule has 0 unspecified atom stereocenters. The summed E-state index contributed by atoms with van der Waals surface area (Å²) in [4.78, 5) is 42.2. The molecule has 1 aliphatic rings. The number of nitrogens with zero attached hydrogens (tertiary/aromatic N) is 2. The van der Waals surface area contributed by atoms with Gasteiger partial charge in [-0.3, -0.25) is 9.59 Å². The van der Waals surface area contributed by atoms with Crippen LogP contribution in [0.5, 0.6) is 0 Å². The molecule has 2 rings (SSSR count). The zero-order valence-corrected chi connectivity index (χ0v) is 17.4. The van der Waals surface area contributed by atoms with E-state index in [1.54, 1.807) is 5.38 Å². The number of carbonyl (C=O) groups excluding carboxylic acids is 3. The Hall–Kier alpha value is -2.20. The number of carbonyl (C=O) groups is 3. The van der Waals surface area contributed by atoms with Crippen molar-refractivity contribution in [2.45, 2.75) is 45.3 Å². The third-order valence-electron chi connectivity index (χ3n) is 4.20. The number of hydrogen-bond acceptors (Lipinski definition) is 9. The van der Waals surface area contributed by atoms with Gasteiger partial charge in [-0.15, -0.1) is 11.3 Å². The second kappa shape index (κ2) is 9.33. The third kappa shape index (κ3) is 5.90. The second-order valence-corrected chi connectivity index (χ2v) is 8.38. The van der Waals surface area contributed by atoms with E-state index in [0.717, 1.165) is 0 Å². The van der Waals surface area contributed by atoms with Crippen LogP contribution >= 0.6 is 11.3 Å².